The van der Waals surface area contributed by atoms with Gasteiger partial charge in [0.2, 0.25) is 0 Å². The molecule has 23 heavy (non-hydrogen) atoms. The molecule has 1 aliphatic heterocycles. The Kier molecular flexibility index (Phi) is 4.01. The van der Waals surface area contributed by atoms with Crippen molar-refractivity contribution in [2.45, 2.75) is 31.3 Å². The summed E-state index contributed by atoms with van der Waals surface area (Å²) in [5.41, 5.74) is 0.948. The smallest absolute Gasteiger partial charge is 0.259 e. The average molecular weight is 338 g/mol. The molecule has 3 rings (SSSR count). The van der Waals surface area contributed by atoms with Crippen LogP contribution in [0.2, 0.25) is 0 Å². The van der Waals surface area contributed by atoms with Gasteiger partial charge in [-0.1, -0.05) is 5.16 Å². The van der Waals surface area contributed by atoms with Gasteiger partial charge in [-0.3, -0.25) is 4.79 Å². The largest absolute Gasteiger partial charge is 0.468 e. The lowest BCUT2D eigenvalue weighted by atomic mass is 10.2. The van der Waals surface area contributed by atoms with E-state index in [4.69, 9.17) is 8.94 Å². The van der Waals surface area contributed by atoms with E-state index in [0.29, 0.717) is 35.7 Å². The second kappa shape index (κ2) is 5.84. The maximum atomic E-state index is 12.6. The fourth-order valence-corrected chi connectivity index (χ4v) is 4.53. The van der Waals surface area contributed by atoms with Crippen LogP contribution in [0.1, 0.15) is 34.0 Å². The molecule has 2 aromatic rings. The average Bonchev–Trinajstić information content (AvgIpc) is 3.20. The molecule has 0 N–H and O–H groups in total. The Morgan fingerprint density at radius 1 is 1.43 bits per heavy atom. The summed E-state index contributed by atoms with van der Waals surface area (Å²) in [6.07, 6.45) is 1.88. The van der Waals surface area contributed by atoms with Crippen molar-refractivity contribution in [3.8, 4) is 0 Å². The summed E-state index contributed by atoms with van der Waals surface area (Å²) in [4.78, 5) is 14.1. The van der Waals surface area contributed by atoms with Gasteiger partial charge in [0.15, 0.2) is 9.84 Å². The highest BCUT2D eigenvalue weighted by Gasteiger charge is 2.37. The zero-order valence-electron chi connectivity index (χ0n) is 13.0. The van der Waals surface area contributed by atoms with Crippen LogP contribution in [0.15, 0.2) is 27.3 Å². The summed E-state index contributed by atoms with van der Waals surface area (Å²) in [6, 6.07) is 3.30. The number of rotatable bonds is 4. The van der Waals surface area contributed by atoms with Crippen LogP contribution in [0.3, 0.4) is 0 Å². The molecule has 1 aliphatic rings. The molecule has 0 aliphatic carbocycles. The molecule has 2 aromatic heterocycles. The lowest BCUT2D eigenvalue weighted by Gasteiger charge is -2.16. The molecular formula is C15H18N2O5S. The van der Waals surface area contributed by atoms with E-state index in [1.54, 1.807) is 30.9 Å². The zero-order valence-corrected chi connectivity index (χ0v) is 13.8. The van der Waals surface area contributed by atoms with E-state index in [0.717, 1.165) is 0 Å². The summed E-state index contributed by atoms with van der Waals surface area (Å²) in [6.45, 7) is 3.97. The number of furan rings is 1. The van der Waals surface area contributed by atoms with Crippen LogP contribution in [0.5, 0.6) is 0 Å². The molecule has 1 saturated heterocycles. The Labute approximate surface area is 134 Å². The van der Waals surface area contributed by atoms with Gasteiger partial charge in [0.25, 0.3) is 5.91 Å². The lowest BCUT2D eigenvalue weighted by Crippen LogP contribution is -2.32. The van der Waals surface area contributed by atoms with Crippen LogP contribution in [-0.2, 0) is 15.6 Å². The van der Waals surface area contributed by atoms with E-state index < -0.39 is 15.1 Å². The summed E-state index contributed by atoms with van der Waals surface area (Å²) in [5, 5.41) is 3.20. The van der Waals surface area contributed by atoms with Gasteiger partial charge in [-0.2, -0.15) is 0 Å². The summed E-state index contributed by atoms with van der Waals surface area (Å²) < 4.78 is 35.0. The Morgan fingerprint density at radius 2 is 2.22 bits per heavy atom. The molecule has 0 aromatic carbocycles. The van der Waals surface area contributed by atoms with E-state index in [9.17, 15) is 13.2 Å². The number of amides is 1. The minimum atomic E-state index is -3.37. The van der Waals surface area contributed by atoms with Gasteiger partial charge in [-0.15, -0.1) is 0 Å². The molecule has 3 heterocycles. The van der Waals surface area contributed by atoms with Crippen LogP contribution >= 0.6 is 0 Å². The lowest BCUT2D eigenvalue weighted by molar-refractivity contribution is 0.0791. The number of carbonyl (C=O) groups is 1. The second-order valence-electron chi connectivity index (χ2n) is 5.75. The number of carbonyl (C=O) groups excluding carboxylic acids is 1. The molecular weight excluding hydrogens is 320 g/mol. The molecule has 0 saturated carbocycles. The van der Waals surface area contributed by atoms with Crippen molar-refractivity contribution in [3.05, 3.63) is 41.2 Å². The molecule has 1 amide bonds. The third kappa shape index (κ3) is 3.03. The molecule has 7 nitrogen and oxygen atoms in total. The monoisotopic (exact) mass is 338 g/mol. The number of hydrogen-bond donors (Lipinski definition) is 0. The topological polar surface area (TPSA) is 93.6 Å². The van der Waals surface area contributed by atoms with E-state index in [1.165, 1.54) is 6.26 Å². The van der Waals surface area contributed by atoms with Crippen molar-refractivity contribution in [2.75, 3.05) is 13.1 Å². The molecule has 0 bridgehead atoms. The maximum absolute atomic E-state index is 12.6. The van der Waals surface area contributed by atoms with Crippen molar-refractivity contribution in [1.29, 1.82) is 0 Å². The molecule has 1 atom stereocenters. The van der Waals surface area contributed by atoms with Crippen molar-refractivity contribution < 1.29 is 22.2 Å². The summed E-state index contributed by atoms with van der Waals surface area (Å²) >= 11 is 0. The van der Waals surface area contributed by atoms with Crippen molar-refractivity contribution in [3.63, 3.8) is 0 Å². The number of aromatic nitrogens is 1. The highest BCUT2D eigenvalue weighted by molar-refractivity contribution is 7.91. The summed E-state index contributed by atoms with van der Waals surface area (Å²) in [5.74, 6) is 0.504. The van der Waals surface area contributed by atoms with Crippen molar-refractivity contribution >= 4 is 15.7 Å². The van der Waals surface area contributed by atoms with E-state index in [1.807, 2.05) is 0 Å². The fraction of sp³-hybridized carbons (Fsp3) is 0.467. The number of likely N-dealkylation sites (tertiary alicyclic amines) is 1. The standard InChI is InChI=1S/C15H18N2O5S/c1-10-14(11(2)22-16-10)15(18)17-6-5-13(8-17)23(19,20)9-12-4-3-7-21-12/h3-4,7,13H,5-6,8-9H2,1-2H3/t13-/m0/s1. The van der Waals surface area contributed by atoms with E-state index in [-0.39, 0.29) is 18.2 Å². The number of nitrogens with zero attached hydrogens (tertiary/aromatic N) is 2. The van der Waals surface area contributed by atoms with Gasteiger partial charge < -0.3 is 13.8 Å². The zero-order chi connectivity index (χ0) is 16.6. The van der Waals surface area contributed by atoms with Crippen LogP contribution in [-0.4, -0.2) is 42.7 Å². The van der Waals surface area contributed by atoms with Gasteiger partial charge >= 0.3 is 0 Å². The predicted molar refractivity (Wildman–Crippen MR) is 81.6 cm³/mol. The van der Waals surface area contributed by atoms with Crippen LogP contribution in [0.25, 0.3) is 0 Å². The quantitative estimate of drug-likeness (QED) is 0.842. The number of hydrogen-bond acceptors (Lipinski definition) is 6. The number of sulfone groups is 1. The Hall–Kier alpha value is -2.09. The van der Waals surface area contributed by atoms with E-state index >= 15 is 0 Å². The third-order valence-electron chi connectivity index (χ3n) is 4.11. The normalized spacial score (nSPS) is 18.5. The summed E-state index contributed by atoms with van der Waals surface area (Å²) in [7, 11) is -3.37. The first-order valence-electron chi connectivity index (χ1n) is 7.34. The predicted octanol–water partition coefficient (Wildman–Crippen LogP) is 1.71. The Morgan fingerprint density at radius 3 is 2.83 bits per heavy atom. The van der Waals surface area contributed by atoms with Gasteiger partial charge in [-0.05, 0) is 32.4 Å². The van der Waals surface area contributed by atoms with Gasteiger partial charge in [0, 0.05) is 13.1 Å². The first-order chi connectivity index (χ1) is 10.9. The first kappa shape index (κ1) is 15.8. The van der Waals surface area contributed by atoms with E-state index in [2.05, 4.69) is 5.16 Å². The van der Waals surface area contributed by atoms with Gasteiger partial charge in [0.05, 0.1) is 17.2 Å². The molecule has 0 unspecified atom stereocenters. The van der Waals surface area contributed by atoms with Gasteiger partial charge in [0.1, 0.15) is 22.8 Å². The first-order valence-corrected chi connectivity index (χ1v) is 9.06. The highest BCUT2D eigenvalue weighted by Crippen LogP contribution is 2.24. The minimum Gasteiger partial charge on any atom is -0.468 e. The Bertz CT molecular complexity index is 788. The minimum absolute atomic E-state index is 0.141. The molecule has 1 fully saturated rings. The number of aryl methyl sites for hydroxylation is 2. The van der Waals surface area contributed by atoms with Crippen molar-refractivity contribution in [1.82, 2.24) is 10.1 Å². The second-order valence-corrected chi connectivity index (χ2v) is 8.03. The highest BCUT2D eigenvalue weighted by atomic mass is 32.2. The third-order valence-corrected chi connectivity index (χ3v) is 6.20. The van der Waals surface area contributed by atoms with Gasteiger partial charge in [-0.25, -0.2) is 8.42 Å². The van der Waals surface area contributed by atoms with Crippen molar-refractivity contribution in [2.24, 2.45) is 0 Å². The fourth-order valence-electron chi connectivity index (χ4n) is 2.86. The SMILES string of the molecule is Cc1noc(C)c1C(=O)N1CC[C@H](S(=O)(=O)Cc2ccco2)C1. The van der Waals surface area contributed by atoms with Crippen LogP contribution in [0.4, 0.5) is 0 Å². The molecule has 0 radical (unpaired) electrons. The molecule has 8 heteroatoms. The Balaban J connectivity index is 1.72. The molecule has 124 valence electrons. The van der Waals surface area contributed by atoms with Crippen LogP contribution in [0, 0.1) is 13.8 Å². The molecule has 0 spiro atoms. The van der Waals surface area contributed by atoms with Crippen LogP contribution < -0.4 is 0 Å². The maximum Gasteiger partial charge on any atom is 0.259 e.